The van der Waals surface area contributed by atoms with Gasteiger partial charge in [0.15, 0.2) is 0 Å². The summed E-state index contributed by atoms with van der Waals surface area (Å²) in [6.07, 6.45) is 0. The van der Waals surface area contributed by atoms with Crippen LogP contribution in [-0.2, 0) is 0 Å². The van der Waals surface area contributed by atoms with Crippen molar-refractivity contribution in [2.45, 2.75) is 44.4 Å². The standard InChI is InChI=1S/C14H13NS.2C2H6/c1-2-15-11-7-3-5-9-13(11)16-14-10-6-4-8-12(14)15;2*1-2/h3-10H,2H2,1H3;2*1-2H3. The minimum Gasteiger partial charge on any atom is -0.340 e. The Bertz CT molecular complexity index is 477. The summed E-state index contributed by atoms with van der Waals surface area (Å²) in [7, 11) is 0. The highest BCUT2D eigenvalue weighted by atomic mass is 32.2. The van der Waals surface area contributed by atoms with Crippen LogP contribution in [0.5, 0.6) is 0 Å². The molecule has 0 aliphatic carbocycles. The lowest BCUT2D eigenvalue weighted by atomic mass is 10.2. The highest BCUT2D eigenvalue weighted by Gasteiger charge is 2.20. The number of rotatable bonds is 1. The predicted octanol–water partition coefficient (Wildman–Crippen LogP) is 6.36. The van der Waals surface area contributed by atoms with Crippen molar-refractivity contribution in [1.29, 1.82) is 0 Å². The van der Waals surface area contributed by atoms with Gasteiger partial charge in [-0.15, -0.1) is 0 Å². The number of nitrogens with zero attached hydrogens (tertiary/aromatic N) is 1. The van der Waals surface area contributed by atoms with Crippen LogP contribution in [0, 0.1) is 0 Å². The number of para-hydroxylation sites is 2. The molecule has 2 aromatic rings. The fourth-order valence-corrected chi connectivity index (χ4v) is 3.22. The second kappa shape index (κ2) is 8.70. The van der Waals surface area contributed by atoms with Crippen molar-refractivity contribution in [3.05, 3.63) is 48.5 Å². The number of benzene rings is 2. The van der Waals surface area contributed by atoms with Crippen molar-refractivity contribution in [3.8, 4) is 0 Å². The van der Waals surface area contributed by atoms with E-state index in [4.69, 9.17) is 0 Å². The lowest BCUT2D eigenvalue weighted by Gasteiger charge is -2.31. The summed E-state index contributed by atoms with van der Waals surface area (Å²) in [6, 6.07) is 17.2. The van der Waals surface area contributed by atoms with Crippen LogP contribution in [0.2, 0.25) is 0 Å². The maximum Gasteiger partial charge on any atom is 0.0552 e. The van der Waals surface area contributed by atoms with Crippen LogP contribution >= 0.6 is 11.8 Å². The van der Waals surface area contributed by atoms with E-state index < -0.39 is 0 Å². The van der Waals surface area contributed by atoms with Gasteiger partial charge in [-0.3, -0.25) is 0 Å². The van der Waals surface area contributed by atoms with Gasteiger partial charge in [-0.25, -0.2) is 0 Å². The summed E-state index contributed by atoms with van der Waals surface area (Å²) < 4.78 is 0. The van der Waals surface area contributed by atoms with Crippen molar-refractivity contribution in [2.75, 3.05) is 11.4 Å². The monoisotopic (exact) mass is 287 g/mol. The minimum atomic E-state index is 1.01. The Kier molecular flexibility index (Phi) is 7.24. The fraction of sp³-hybridized carbons (Fsp3) is 0.333. The van der Waals surface area contributed by atoms with Crippen LogP contribution in [0.4, 0.5) is 11.4 Å². The topological polar surface area (TPSA) is 3.24 Å². The van der Waals surface area contributed by atoms with E-state index in [2.05, 4.69) is 60.4 Å². The summed E-state index contributed by atoms with van der Waals surface area (Å²) in [5, 5.41) is 0. The lowest BCUT2D eigenvalue weighted by Crippen LogP contribution is -2.19. The molecule has 0 radical (unpaired) electrons. The van der Waals surface area contributed by atoms with E-state index in [9.17, 15) is 0 Å². The molecule has 0 fully saturated rings. The third kappa shape index (κ3) is 3.37. The quantitative estimate of drug-likeness (QED) is 0.600. The van der Waals surface area contributed by atoms with Crippen LogP contribution in [-0.4, -0.2) is 6.54 Å². The van der Waals surface area contributed by atoms with Crippen LogP contribution in [0.15, 0.2) is 58.3 Å². The number of fused-ring (bicyclic) bond motifs is 2. The van der Waals surface area contributed by atoms with Crippen molar-refractivity contribution in [1.82, 2.24) is 0 Å². The lowest BCUT2D eigenvalue weighted by molar-refractivity contribution is 0.979. The molecule has 1 aliphatic heterocycles. The zero-order chi connectivity index (χ0) is 15.0. The van der Waals surface area contributed by atoms with Crippen LogP contribution in [0.25, 0.3) is 0 Å². The number of hydrogen-bond acceptors (Lipinski definition) is 2. The van der Waals surface area contributed by atoms with Gasteiger partial charge in [0.1, 0.15) is 0 Å². The molecule has 20 heavy (non-hydrogen) atoms. The molecule has 0 spiro atoms. The van der Waals surface area contributed by atoms with E-state index in [-0.39, 0.29) is 0 Å². The molecule has 0 N–H and O–H groups in total. The van der Waals surface area contributed by atoms with Crippen molar-refractivity contribution in [2.24, 2.45) is 0 Å². The first-order chi connectivity index (χ1) is 9.90. The summed E-state index contributed by atoms with van der Waals surface area (Å²) in [6.45, 7) is 11.2. The molecule has 0 amide bonds. The molecular weight excluding hydrogens is 262 g/mol. The molecule has 2 aromatic carbocycles. The molecular formula is C18H25NS. The first kappa shape index (κ1) is 16.6. The van der Waals surface area contributed by atoms with Gasteiger partial charge < -0.3 is 4.90 Å². The third-order valence-corrected chi connectivity index (χ3v) is 3.98. The Morgan fingerprint density at radius 2 is 1.15 bits per heavy atom. The molecule has 1 nitrogen and oxygen atoms in total. The van der Waals surface area contributed by atoms with E-state index in [1.165, 1.54) is 21.2 Å². The molecule has 2 heteroatoms. The molecule has 1 aliphatic rings. The maximum atomic E-state index is 2.38. The van der Waals surface area contributed by atoms with E-state index in [0.717, 1.165) is 6.54 Å². The van der Waals surface area contributed by atoms with Gasteiger partial charge in [0, 0.05) is 16.3 Å². The fourth-order valence-electron chi connectivity index (χ4n) is 2.12. The van der Waals surface area contributed by atoms with Crippen molar-refractivity contribution in [3.63, 3.8) is 0 Å². The van der Waals surface area contributed by atoms with E-state index in [0.29, 0.717) is 0 Å². The first-order valence-electron chi connectivity index (χ1n) is 7.53. The molecule has 0 saturated carbocycles. The Balaban J connectivity index is 0.000000461. The minimum absolute atomic E-state index is 1.01. The largest absolute Gasteiger partial charge is 0.340 e. The van der Waals surface area contributed by atoms with Crippen LogP contribution < -0.4 is 4.90 Å². The SMILES string of the molecule is CC.CC.CCN1c2ccccc2Sc2ccccc21. The Morgan fingerprint density at radius 3 is 1.55 bits per heavy atom. The Labute approximate surface area is 128 Å². The van der Waals surface area contributed by atoms with Gasteiger partial charge in [-0.05, 0) is 31.2 Å². The predicted molar refractivity (Wildman–Crippen MR) is 92.4 cm³/mol. The summed E-state index contributed by atoms with van der Waals surface area (Å²) in [4.78, 5) is 5.08. The second-order valence-corrected chi connectivity index (χ2v) is 4.87. The smallest absolute Gasteiger partial charge is 0.0552 e. The zero-order valence-electron chi connectivity index (χ0n) is 13.2. The molecule has 0 unspecified atom stereocenters. The highest BCUT2D eigenvalue weighted by molar-refractivity contribution is 7.99. The van der Waals surface area contributed by atoms with E-state index >= 15 is 0 Å². The number of anilines is 2. The molecule has 0 atom stereocenters. The first-order valence-corrected chi connectivity index (χ1v) is 8.35. The van der Waals surface area contributed by atoms with Crippen LogP contribution in [0.3, 0.4) is 0 Å². The molecule has 0 saturated heterocycles. The van der Waals surface area contributed by atoms with Crippen molar-refractivity contribution >= 4 is 23.1 Å². The summed E-state index contributed by atoms with van der Waals surface area (Å²) >= 11 is 1.86. The van der Waals surface area contributed by atoms with E-state index in [1.807, 2.05) is 39.5 Å². The Morgan fingerprint density at radius 1 is 0.750 bits per heavy atom. The van der Waals surface area contributed by atoms with Gasteiger partial charge in [0.2, 0.25) is 0 Å². The maximum absolute atomic E-state index is 2.38. The second-order valence-electron chi connectivity index (χ2n) is 3.78. The normalized spacial score (nSPS) is 11.2. The highest BCUT2D eigenvalue weighted by Crippen LogP contribution is 2.47. The molecule has 0 aromatic heterocycles. The molecule has 3 rings (SSSR count). The summed E-state index contributed by atoms with van der Waals surface area (Å²) in [5.74, 6) is 0. The van der Waals surface area contributed by atoms with Gasteiger partial charge in [-0.1, -0.05) is 63.7 Å². The molecule has 108 valence electrons. The van der Waals surface area contributed by atoms with Gasteiger partial charge in [0.05, 0.1) is 11.4 Å². The third-order valence-electron chi connectivity index (χ3n) is 2.85. The van der Waals surface area contributed by atoms with Crippen LogP contribution in [0.1, 0.15) is 34.6 Å². The zero-order valence-corrected chi connectivity index (χ0v) is 14.0. The van der Waals surface area contributed by atoms with Gasteiger partial charge in [0.25, 0.3) is 0 Å². The van der Waals surface area contributed by atoms with Crippen molar-refractivity contribution < 1.29 is 0 Å². The Hall–Kier alpha value is -1.41. The van der Waals surface area contributed by atoms with Gasteiger partial charge in [-0.2, -0.15) is 0 Å². The average molecular weight is 287 g/mol. The average Bonchev–Trinajstić information content (AvgIpc) is 2.56. The summed E-state index contributed by atoms with van der Waals surface area (Å²) in [5.41, 5.74) is 2.66. The number of hydrogen-bond donors (Lipinski definition) is 0. The molecule has 0 bridgehead atoms. The van der Waals surface area contributed by atoms with E-state index in [1.54, 1.807) is 0 Å². The molecule has 1 heterocycles. The van der Waals surface area contributed by atoms with Gasteiger partial charge >= 0.3 is 0 Å².